The Balaban J connectivity index is 1.62. The maximum absolute atomic E-state index is 13.5. The minimum atomic E-state index is 0.0392. The van der Waals surface area contributed by atoms with Gasteiger partial charge in [-0.3, -0.25) is 9.80 Å². The van der Waals surface area contributed by atoms with Crippen LogP contribution in [0.5, 0.6) is 5.88 Å². The number of fused-ring (bicyclic) bond motifs is 3. The molecule has 2 aliphatic heterocycles. The highest BCUT2D eigenvalue weighted by Gasteiger charge is 2.37. The first-order valence-corrected chi connectivity index (χ1v) is 11.9. The Morgan fingerprint density at radius 2 is 2.09 bits per heavy atom. The number of pyridine rings is 1. The van der Waals surface area contributed by atoms with Crippen LogP contribution < -0.4 is 10.1 Å². The summed E-state index contributed by atoms with van der Waals surface area (Å²) in [4.78, 5) is 18.0. The summed E-state index contributed by atoms with van der Waals surface area (Å²) in [6, 6.07) is 4.72. The lowest BCUT2D eigenvalue weighted by molar-refractivity contribution is -0.118. The molecule has 1 saturated carbocycles. The molecule has 3 heterocycles. The normalized spacial score (nSPS) is 25.9. The smallest absolute Gasteiger partial charge is 0.248 e. The van der Waals surface area contributed by atoms with Gasteiger partial charge in [0.25, 0.3) is 0 Å². The molecule has 5 rings (SSSR count). The van der Waals surface area contributed by atoms with Crippen molar-refractivity contribution in [1.29, 1.82) is 0 Å². The summed E-state index contributed by atoms with van der Waals surface area (Å²) in [6.07, 6.45) is 13.5. The molecule has 0 saturated heterocycles. The van der Waals surface area contributed by atoms with Crippen molar-refractivity contribution in [3.8, 4) is 5.88 Å². The van der Waals surface area contributed by atoms with Crippen molar-refractivity contribution in [3.63, 3.8) is 0 Å². The summed E-state index contributed by atoms with van der Waals surface area (Å²) in [5.74, 6) is 0.815. The first-order chi connectivity index (χ1) is 15.6. The van der Waals surface area contributed by atoms with Crippen molar-refractivity contribution in [3.05, 3.63) is 52.8 Å². The van der Waals surface area contributed by atoms with Crippen molar-refractivity contribution in [2.24, 2.45) is 11.0 Å². The molecule has 0 bridgehead atoms. The summed E-state index contributed by atoms with van der Waals surface area (Å²) in [6.45, 7) is 6.82. The third kappa shape index (κ3) is 3.65. The zero-order chi connectivity index (χ0) is 22.2. The van der Waals surface area contributed by atoms with E-state index in [4.69, 9.17) is 4.74 Å². The molecule has 1 aromatic heterocycles. The second-order valence-electron chi connectivity index (χ2n) is 9.39. The third-order valence-corrected chi connectivity index (χ3v) is 6.97. The van der Waals surface area contributed by atoms with E-state index in [0.717, 1.165) is 40.7 Å². The molecule has 4 aliphatic rings. The minimum Gasteiger partial charge on any atom is -0.472 e. The van der Waals surface area contributed by atoms with Crippen LogP contribution in [0.1, 0.15) is 58.4 Å². The fourth-order valence-corrected chi connectivity index (χ4v) is 5.37. The highest BCUT2D eigenvalue weighted by Crippen LogP contribution is 2.43. The van der Waals surface area contributed by atoms with E-state index in [9.17, 15) is 4.79 Å². The van der Waals surface area contributed by atoms with E-state index < -0.39 is 0 Å². The molecule has 2 aliphatic carbocycles. The van der Waals surface area contributed by atoms with Gasteiger partial charge in [0.1, 0.15) is 6.61 Å². The lowest BCUT2D eigenvalue weighted by Gasteiger charge is -2.32. The number of ether oxygens (including phenoxy) is 1. The van der Waals surface area contributed by atoms with Crippen LogP contribution in [0.3, 0.4) is 0 Å². The molecule has 0 aromatic carbocycles. The van der Waals surface area contributed by atoms with Gasteiger partial charge in [0, 0.05) is 47.1 Å². The lowest BCUT2D eigenvalue weighted by atomic mass is 9.80. The molecule has 6 heteroatoms. The fourth-order valence-electron chi connectivity index (χ4n) is 5.37. The van der Waals surface area contributed by atoms with E-state index in [2.05, 4.69) is 53.3 Å². The largest absolute Gasteiger partial charge is 0.472 e. The SMILES string of the molecule is CCC(C(=O)NC1CCCC1)=C1C2=CC3C=NN(C(C)C)C3C=C2COc2ncccc21. The lowest BCUT2D eigenvalue weighted by Crippen LogP contribution is -2.37. The second kappa shape index (κ2) is 8.57. The van der Waals surface area contributed by atoms with Crippen LogP contribution in [0.25, 0.3) is 5.57 Å². The van der Waals surface area contributed by atoms with E-state index in [1.807, 2.05) is 18.3 Å². The van der Waals surface area contributed by atoms with Crippen molar-refractivity contribution in [2.45, 2.75) is 71.0 Å². The summed E-state index contributed by atoms with van der Waals surface area (Å²) in [5, 5.41) is 10.1. The first kappa shape index (κ1) is 21.0. The van der Waals surface area contributed by atoms with Gasteiger partial charge in [-0.05, 0) is 56.4 Å². The molecule has 1 amide bonds. The number of nitrogens with zero attached hydrogens (tertiary/aromatic N) is 3. The number of aromatic nitrogens is 1. The van der Waals surface area contributed by atoms with Crippen LogP contribution in [-0.4, -0.2) is 46.8 Å². The number of hydrazone groups is 1. The highest BCUT2D eigenvalue weighted by atomic mass is 16.5. The van der Waals surface area contributed by atoms with Crippen LogP contribution in [-0.2, 0) is 4.79 Å². The maximum Gasteiger partial charge on any atom is 0.248 e. The number of carbonyl (C=O) groups excluding carboxylic acids is 1. The Bertz CT molecular complexity index is 1030. The predicted octanol–water partition coefficient (Wildman–Crippen LogP) is 4.26. The van der Waals surface area contributed by atoms with Gasteiger partial charge in [-0.2, -0.15) is 5.10 Å². The summed E-state index contributed by atoms with van der Waals surface area (Å²) < 4.78 is 6.15. The van der Waals surface area contributed by atoms with Gasteiger partial charge >= 0.3 is 0 Å². The zero-order valence-corrected chi connectivity index (χ0v) is 19.2. The van der Waals surface area contributed by atoms with Gasteiger partial charge in [0.2, 0.25) is 11.8 Å². The molecule has 32 heavy (non-hydrogen) atoms. The highest BCUT2D eigenvalue weighted by molar-refractivity contribution is 6.06. The molecule has 168 valence electrons. The zero-order valence-electron chi connectivity index (χ0n) is 19.2. The van der Waals surface area contributed by atoms with Gasteiger partial charge in [0.05, 0.1) is 6.04 Å². The summed E-state index contributed by atoms with van der Waals surface area (Å²) in [5.41, 5.74) is 4.87. The Hall–Kier alpha value is -2.89. The van der Waals surface area contributed by atoms with E-state index in [0.29, 0.717) is 24.9 Å². The van der Waals surface area contributed by atoms with Gasteiger partial charge < -0.3 is 10.1 Å². The van der Waals surface area contributed by atoms with Crippen LogP contribution in [0, 0.1) is 5.92 Å². The van der Waals surface area contributed by atoms with Crippen molar-refractivity contribution < 1.29 is 9.53 Å². The molecule has 6 nitrogen and oxygen atoms in total. The van der Waals surface area contributed by atoms with Crippen LogP contribution >= 0.6 is 0 Å². The van der Waals surface area contributed by atoms with Gasteiger partial charge in [-0.15, -0.1) is 0 Å². The average Bonchev–Trinajstić information content (AvgIpc) is 3.41. The summed E-state index contributed by atoms with van der Waals surface area (Å²) in [7, 11) is 0. The van der Waals surface area contributed by atoms with Crippen LogP contribution in [0.15, 0.2) is 52.3 Å². The minimum absolute atomic E-state index is 0.0392. The van der Waals surface area contributed by atoms with Gasteiger partial charge in [0.15, 0.2) is 0 Å². The van der Waals surface area contributed by atoms with E-state index in [-0.39, 0.29) is 23.9 Å². The Morgan fingerprint density at radius 1 is 1.28 bits per heavy atom. The second-order valence-corrected chi connectivity index (χ2v) is 9.39. The number of amides is 1. The monoisotopic (exact) mass is 432 g/mol. The van der Waals surface area contributed by atoms with Crippen LogP contribution in [0.4, 0.5) is 0 Å². The quantitative estimate of drug-likeness (QED) is 0.722. The molecule has 1 aromatic rings. The number of carbonyl (C=O) groups is 1. The van der Waals surface area contributed by atoms with Crippen molar-refractivity contribution in [2.75, 3.05) is 6.61 Å². The molecule has 2 atom stereocenters. The number of hydrogen-bond donors (Lipinski definition) is 1. The Kier molecular flexibility index (Phi) is 5.62. The maximum atomic E-state index is 13.5. The molecule has 0 radical (unpaired) electrons. The van der Waals surface area contributed by atoms with E-state index in [1.54, 1.807) is 6.20 Å². The number of hydrogen-bond acceptors (Lipinski definition) is 5. The standard InChI is InChI=1S/C26H32N4O2/c1-4-20(25(31)29-19-8-5-6-9-19)24-21-10-7-11-27-26(21)32-15-18-13-23-17(12-22(18)24)14-28-30(23)16(2)3/h7,10-14,16-17,19,23H,4-6,8-9,15H2,1-3H3,(H,29,31). The molecular weight excluding hydrogens is 400 g/mol. The van der Waals surface area contributed by atoms with E-state index >= 15 is 0 Å². The van der Waals surface area contributed by atoms with Gasteiger partial charge in [-0.25, -0.2) is 4.98 Å². The number of nitrogens with one attached hydrogen (secondary N) is 1. The van der Waals surface area contributed by atoms with E-state index in [1.165, 1.54) is 12.8 Å². The van der Waals surface area contributed by atoms with Crippen molar-refractivity contribution >= 4 is 17.7 Å². The Labute approximate surface area is 190 Å². The van der Waals surface area contributed by atoms with Crippen molar-refractivity contribution in [1.82, 2.24) is 15.3 Å². The third-order valence-electron chi connectivity index (χ3n) is 6.97. The topological polar surface area (TPSA) is 66.8 Å². The molecular formula is C26H32N4O2. The Morgan fingerprint density at radius 3 is 2.84 bits per heavy atom. The number of rotatable bonds is 4. The summed E-state index contributed by atoms with van der Waals surface area (Å²) >= 11 is 0. The fraction of sp³-hybridized carbons (Fsp3) is 0.500. The van der Waals surface area contributed by atoms with Gasteiger partial charge in [-0.1, -0.05) is 31.9 Å². The molecule has 0 spiro atoms. The van der Waals surface area contributed by atoms with Crippen LogP contribution in [0.2, 0.25) is 0 Å². The molecule has 1 N–H and O–H groups in total. The average molecular weight is 433 g/mol. The molecule has 2 unspecified atom stereocenters. The number of allylic oxidation sites excluding steroid dienone is 1. The predicted molar refractivity (Wildman–Crippen MR) is 126 cm³/mol. The first-order valence-electron chi connectivity index (χ1n) is 11.9. The molecule has 1 fully saturated rings.